The molecule has 16 heavy (non-hydrogen) atoms. The van der Waals surface area contributed by atoms with Crippen molar-refractivity contribution in [3.05, 3.63) is 42.5 Å². The summed E-state index contributed by atoms with van der Waals surface area (Å²) in [5.74, 6) is 0. The van der Waals surface area contributed by atoms with Gasteiger partial charge in [0.2, 0.25) is 0 Å². The van der Waals surface area contributed by atoms with E-state index in [1.165, 1.54) is 0 Å². The first-order chi connectivity index (χ1) is 7.65. The molecule has 0 spiro atoms. The van der Waals surface area contributed by atoms with Crippen molar-refractivity contribution in [2.45, 2.75) is 11.8 Å². The zero-order chi connectivity index (χ0) is 11.6. The van der Waals surface area contributed by atoms with Gasteiger partial charge in [-0.25, -0.2) is 8.42 Å². The van der Waals surface area contributed by atoms with Gasteiger partial charge in [-0.15, -0.1) is 4.72 Å². The molecule has 83 valence electrons. The van der Waals surface area contributed by atoms with Gasteiger partial charge in [0.25, 0.3) is 10.0 Å². The third-order valence-corrected chi connectivity index (χ3v) is 3.84. The highest BCUT2D eigenvalue weighted by Crippen LogP contribution is 2.22. The largest absolute Gasteiger partial charge is 0.257 e. The van der Waals surface area contributed by atoms with E-state index in [-0.39, 0.29) is 11.4 Å². The van der Waals surface area contributed by atoms with Crippen molar-refractivity contribution < 1.29 is 8.42 Å². The molecule has 0 aromatic heterocycles. The van der Waals surface area contributed by atoms with E-state index in [9.17, 15) is 8.42 Å². The summed E-state index contributed by atoms with van der Waals surface area (Å²) in [7, 11) is -3.51. The maximum absolute atomic E-state index is 11.9. The minimum Gasteiger partial charge on any atom is -0.206 e. The molecule has 4 heteroatoms. The average molecular weight is 234 g/mol. The van der Waals surface area contributed by atoms with Crippen molar-refractivity contribution in [2.75, 3.05) is 6.54 Å². The highest BCUT2D eigenvalue weighted by Gasteiger charge is 2.16. The smallest absolute Gasteiger partial charge is 0.206 e. The molecule has 0 saturated carbocycles. The zero-order valence-electron chi connectivity index (χ0n) is 8.92. The zero-order valence-corrected chi connectivity index (χ0v) is 9.74. The van der Waals surface area contributed by atoms with Gasteiger partial charge in [0.15, 0.2) is 0 Å². The molecule has 0 saturated heterocycles. The first-order valence-corrected chi connectivity index (χ1v) is 6.50. The predicted molar refractivity (Wildman–Crippen MR) is 63.8 cm³/mol. The molecule has 2 aromatic rings. The SMILES string of the molecule is CC[N]S(=O)(=O)c1cccc2ccccc12. The number of benzene rings is 2. The first kappa shape index (κ1) is 11.1. The second-order valence-corrected chi connectivity index (χ2v) is 5.05. The Bertz CT molecular complexity index is 600. The summed E-state index contributed by atoms with van der Waals surface area (Å²) in [5, 5.41) is 1.64. The number of sulfonamides is 1. The van der Waals surface area contributed by atoms with Crippen molar-refractivity contribution in [1.29, 1.82) is 0 Å². The van der Waals surface area contributed by atoms with E-state index in [0.717, 1.165) is 10.8 Å². The molecule has 0 bridgehead atoms. The lowest BCUT2D eigenvalue weighted by molar-refractivity contribution is 0.583. The summed E-state index contributed by atoms with van der Waals surface area (Å²) >= 11 is 0. The molecule has 3 nitrogen and oxygen atoms in total. The number of fused-ring (bicyclic) bond motifs is 1. The normalized spacial score (nSPS) is 11.8. The Hall–Kier alpha value is -1.39. The fraction of sp³-hybridized carbons (Fsp3) is 0.167. The van der Waals surface area contributed by atoms with E-state index < -0.39 is 10.0 Å². The van der Waals surface area contributed by atoms with Gasteiger partial charge in [-0.2, -0.15) is 0 Å². The van der Waals surface area contributed by atoms with E-state index in [0.29, 0.717) is 0 Å². The van der Waals surface area contributed by atoms with Gasteiger partial charge in [0.1, 0.15) is 0 Å². The number of rotatable bonds is 3. The number of hydrogen-bond acceptors (Lipinski definition) is 2. The van der Waals surface area contributed by atoms with Gasteiger partial charge in [-0.05, 0) is 18.4 Å². The Morgan fingerprint density at radius 1 is 1.06 bits per heavy atom. The van der Waals surface area contributed by atoms with Crippen LogP contribution in [0.25, 0.3) is 10.8 Å². The third-order valence-electron chi connectivity index (χ3n) is 2.33. The van der Waals surface area contributed by atoms with Crippen LogP contribution in [-0.4, -0.2) is 15.0 Å². The van der Waals surface area contributed by atoms with Crippen LogP contribution in [0.2, 0.25) is 0 Å². The van der Waals surface area contributed by atoms with Gasteiger partial charge in [0.05, 0.1) is 4.90 Å². The van der Waals surface area contributed by atoms with Crippen molar-refractivity contribution >= 4 is 20.8 Å². The monoisotopic (exact) mass is 234 g/mol. The Balaban J connectivity index is 2.70. The molecule has 0 atom stereocenters. The van der Waals surface area contributed by atoms with Crippen molar-refractivity contribution in [3.63, 3.8) is 0 Å². The molecular formula is C12H12NO2S. The molecular weight excluding hydrogens is 222 g/mol. The van der Waals surface area contributed by atoms with Crippen LogP contribution >= 0.6 is 0 Å². The summed E-state index contributed by atoms with van der Waals surface area (Å²) < 4.78 is 27.4. The van der Waals surface area contributed by atoms with Crippen LogP contribution in [-0.2, 0) is 10.0 Å². The van der Waals surface area contributed by atoms with Crippen molar-refractivity contribution in [2.24, 2.45) is 0 Å². The molecule has 2 aromatic carbocycles. The van der Waals surface area contributed by atoms with Crippen LogP contribution < -0.4 is 4.72 Å². The summed E-state index contributed by atoms with van der Waals surface area (Å²) in [6.45, 7) is 1.98. The quantitative estimate of drug-likeness (QED) is 0.817. The second-order valence-electron chi connectivity index (χ2n) is 3.40. The van der Waals surface area contributed by atoms with Crippen LogP contribution in [0.3, 0.4) is 0 Å². The lowest BCUT2D eigenvalue weighted by Gasteiger charge is -2.06. The Morgan fingerprint density at radius 2 is 1.75 bits per heavy atom. The van der Waals surface area contributed by atoms with Crippen LogP contribution in [0.1, 0.15) is 6.92 Å². The van der Waals surface area contributed by atoms with Crippen LogP contribution in [0, 0.1) is 0 Å². The lowest BCUT2D eigenvalue weighted by atomic mass is 10.1. The standard InChI is InChI=1S/C12H12NO2S/c1-2-13-16(14,15)12-9-5-7-10-6-3-4-8-11(10)12/h3-9H,2H2,1H3. The molecule has 0 heterocycles. The minimum absolute atomic E-state index is 0.269. The summed E-state index contributed by atoms with van der Waals surface area (Å²) in [5.41, 5.74) is 0. The van der Waals surface area contributed by atoms with Gasteiger partial charge in [0, 0.05) is 11.9 Å². The highest BCUT2D eigenvalue weighted by molar-refractivity contribution is 7.89. The fourth-order valence-corrected chi connectivity index (χ4v) is 2.85. The fourth-order valence-electron chi connectivity index (χ4n) is 1.66. The lowest BCUT2D eigenvalue weighted by Crippen LogP contribution is -2.16. The minimum atomic E-state index is -3.51. The highest BCUT2D eigenvalue weighted by atomic mass is 32.2. The topological polar surface area (TPSA) is 48.2 Å². The number of hydrogen-bond donors (Lipinski definition) is 0. The van der Waals surface area contributed by atoms with Gasteiger partial charge < -0.3 is 0 Å². The van der Waals surface area contributed by atoms with E-state index in [4.69, 9.17) is 0 Å². The number of nitrogens with zero attached hydrogens (tertiary/aromatic N) is 1. The maximum Gasteiger partial charge on any atom is 0.257 e. The molecule has 0 amide bonds. The predicted octanol–water partition coefficient (Wildman–Crippen LogP) is 2.15. The van der Waals surface area contributed by atoms with Crippen molar-refractivity contribution in [1.82, 2.24) is 4.72 Å². The van der Waals surface area contributed by atoms with E-state index >= 15 is 0 Å². The maximum atomic E-state index is 11.9. The van der Waals surface area contributed by atoms with Crippen LogP contribution in [0.5, 0.6) is 0 Å². The first-order valence-electron chi connectivity index (χ1n) is 5.06. The molecule has 0 aliphatic carbocycles. The second kappa shape index (κ2) is 4.23. The van der Waals surface area contributed by atoms with Crippen LogP contribution in [0.15, 0.2) is 47.4 Å². The van der Waals surface area contributed by atoms with Gasteiger partial charge in [-0.1, -0.05) is 36.4 Å². The molecule has 0 unspecified atom stereocenters. The summed E-state index contributed by atoms with van der Waals surface area (Å²) in [4.78, 5) is 0.285. The Morgan fingerprint density at radius 3 is 2.50 bits per heavy atom. The molecule has 1 radical (unpaired) electrons. The van der Waals surface area contributed by atoms with Gasteiger partial charge in [-0.3, -0.25) is 0 Å². The molecule has 0 aliphatic heterocycles. The van der Waals surface area contributed by atoms with Crippen molar-refractivity contribution in [3.8, 4) is 0 Å². The Labute approximate surface area is 95.2 Å². The van der Waals surface area contributed by atoms with Crippen LogP contribution in [0.4, 0.5) is 0 Å². The summed E-state index contributed by atoms with van der Waals surface area (Å²) in [6.07, 6.45) is 0. The third kappa shape index (κ3) is 1.94. The molecule has 2 rings (SSSR count). The average Bonchev–Trinajstić information content (AvgIpc) is 2.28. The molecule has 0 aliphatic rings. The van der Waals surface area contributed by atoms with E-state index in [1.807, 2.05) is 24.3 Å². The van der Waals surface area contributed by atoms with Gasteiger partial charge >= 0.3 is 0 Å². The van der Waals surface area contributed by atoms with E-state index in [1.54, 1.807) is 25.1 Å². The molecule has 0 fully saturated rings. The summed E-state index contributed by atoms with van der Waals surface area (Å²) in [6, 6.07) is 12.6. The Kier molecular flexibility index (Phi) is 2.94. The molecule has 0 N–H and O–H groups in total. The van der Waals surface area contributed by atoms with E-state index in [2.05, 4.69) is 4.72 Å².